The van der Waals surface area contributed by atoms with Crippen molar-refractivity contribution in [3.05, 3.63) is 17.5 Å². The van der Waals surface area contributed by atoms with Gasteiger partial charge in [-0.2, -0.15) is 5.10 Å². The lowest BCUT2D eigenvalue weighted by Gasteiger charge is -2.26. The van der Waals surface area contributed by atoms with E-state index in [1.54, 1.807) is 0 Å². The van der Waals surface area contributed by atoms with E-state index in [1.165, 1.54) is 24.1 Å². The molecule has 0 amide bonds. The maximum absolute atomic E-state index is 6.17. The van der Waals surface area contributed by atoms with E-state index in [2.05, 4.69) is 5.10 Å². The summed E-state index contributed by atoms with van der Waals surface area (Å²) >= 11 is 0. The molecule has 1 aromatic heterocycles. The van der Waals surface area contributed by atoms with E-state index in [1.807, 2.05) is 17.9 Å². The first-order chi connectivity index (χ1) is 6.27. The molecule has 3 heteroatoms. The summed E-state index contributed by atoms with van der Waals surface area (Å²) < 4.78 is 2.02. The number of aryl methyl sites for hydroxylation is 1. The smallest absolute Gasteiger partial charge is 0.0527 e. The molecule has 1 aromatic rings. The Hall–Kier alpha value is -0.830. The fourth-order valence-corrected chi connectivity index (χ4v) is 3.00. The topological polar surface area (TPSA) is 43.8 Å². The third-order valence-electron chi connectivity index (χ3n) is 3.81. The quantitative estimate of drug-likeness (QED) is 0.637. The summed E-state index contributed by atoms with van der Waals surface area (Å²) in [6, 6.07) is 0.400. The summed E-state index contributed by atoms with van der Waals surface area (Å²) in [4.78, 5) is 0. The molecule has 70 valence electrons. The molecule has 0 spiro atoms. The normalized spacial score (nSPS) is 36.3. The van der Waals surface area contributed by atoms with E-state index in [0.29, 0.717) is 17.9 Å². The van der Waals surface area contributed by atoms with Crippen LogP contribution in [0, 0.1) is 5.92 Å². The van der Waals surface area contributed by atoms with Gasteiger partial charge in [-0.25, -0.2) is 0 Å². The van der Waals surface area contributed by atoms with Crippen LogP contribution in [0.15, 0.2) is 6.20 Å². The van der Waals surface area contributed by atoms with Crippen LogP contribution in [0.1, 0.15) is 30.0 Å². The van der Waals surface area contributed by atoms with E-state index in [4.69, 9.17) is 5.73 Å². The Kier molecular flexibility index (Phi) is 1.37. The highest BCUT2D eigenvalue weighted by Crippen LogP contribution is 2.44. The summed E-state index contributed by atoms with van der Waals surface area (Å²) in [6.45, 7) is 0. The highest BCUT2D eigenvalue weighted by molar-refractivity contribution is 5.31. The van der Waals surface area contributed by atoms with Crippen LogP contribution in [0.2, 0.25) is 0 Å². The van der Waals surface area contributed by atoms with Gasteiger partial charge in [-0.3, -0.25) is 4.68 Å². The molecular formula is C10H15N3. The Balaban J connectivity index is 2.13. The molecule has 0 radical (unpaired) electrons. The minimum absolute atomic E-state index is 0.400. The summed E-state index contributed by atoms with van der Waals surface area (Å²) in [5.74, 6) is 1.32. The van der Waals surface area contributed by atoms with Crippen molar-refractivity contribution in [1.29, 1.82) is 0 Å². The third-order valence-corrected chi connectivity index (χ3v) is 3.81. The Bertz CT molecular complexity index is 342. The Morgan fingerprint density at radius 2 is 2.38 bits per heavy atom. The van der Waals surface area contributed by atoms with Crippen molar-refractivity contribution >= 4 is 0 Å². The molecule has 2 aliphatic carbocycles. The Morgan fingerprint density at radius 3 is 3.23 bits per heavy atom. The standard InChI is InChI=1S/C10H15N3/c1-13-9-4-6-2-3-7(10(6)11)8(9)5-12-13/h5-7,10H,2-4,11H2,1H3/t6-,7-,10-/m1/s1. The molecule has 3 nitrogen and oxygen atoms in total. The van der Waals surface area contributed by atoms with Crippen LogP contribution in [0.3, 0.4) is 0 Å². The van der Waals surface area contributed by atoms with Gasteiger partial charge in [0.2, 0.25) is 0 Å². The van der Waals surface area contributed by atoms with Crippen LogP contribution in [0.4, 0.5) is 0 Å². The van der Waals surface area contributed by atoms with E-state index in [-0.39, 0.29) is 0 Å². The number of nitrogens with two attached hydrogens (primary N) is 1. The van der Waals surface area contributed by atoms with Crippen molar-refractivity contribution in [3.63, 3.8) is 0 Å². The maximum Gasteiger partial charge on any atom is 0.0527 e. The van der Waals surface area contributed by atoms with Crippen molar-refractivity contribution < 1.29 is 0 Å². The second-order valence-corrected chi connectivity index (χ2v) is 4.40. The number of hydrogen-bond acceptors (Lipinski definition) is 2. The van der Waals surface area contributed by atoms with Crippen molar-refractivity contribution in [3.8, 4) is 0 Å². The lowest BCUT2D eigenvalue weighted by Crippen LogP contribution is -2.35. The second kappa shape index (κ2) is 2.35. The minimum atomic E-state index is 0.400. The summed E-state index contributed by atoms with van der Waals surface area (Å²) in [7, 11) is 2.04. The van der Waals surface area contributed by atoms with Gasteiger partial charge in [-0.15, -0.1) is 0 Å². The molecule has 1 saturated carbocycles. The van der Waals surface area contributed by atoms with Crippen LogP contribution in [0.25, 0.3) is 0 Å². The molecule has 2 aliphatic rings. The molecule has 13 heavy (non-hydrogen) atoms. The zero-order chi connectivity index (χ0) is 9.00. The van der Waals surface area contributed by atoms with E-state index < -0.39 is 0 Å². The SMILES string of the molecule is Cn1ncc2c1C[C@H]1CC[C@H]2[C@@H]1N. The molecule has 0 aromatic carbocycles. The molecule has 1 heterocycles. The Morgan fingerprint density at radius 1 is 1.54 bits per heavy atom. The molecule has 0 unspecified atom stereocenters. The number of hydrogen-bond donors (Lipinski definition) is 1. The number of nitrogens with zero attached hydrogens (tertiary/aromatic N) is 2. The first kappa shape index (κ1) is 7.56. The van der Waals surface area contributed by atoms with Crippen LogP contribution >= 0.6 is 0 Å². The average Bonchev–Trinajstić information content (AvgIpc) is 2.59. The van der Waals surface area contributed by atoms with Gasteiger partial charge < -0.3 is 5.73 Å². The third kappa shape index (κ3) is 0.854. The van der Waals surface area contributed by atoms with Crippen molar-refractivity contribution in [2.75, 3.05) is 0 Å². The predicted molar refractivity (Wildman–Crippen MR) is 50.4 cm³/mol. The van der Waals surface area contributed by atoms with E-state index >= 15 is 0 Å². The molecule has 2 N–H and O–H groups in total. The lowest BCUT2D eigenvalue weighted by molar-refractivity contribution is 0.421. The highest BCUT2D eigenvalue weighted by atomic mass is 15.3. The van der Waals surface area contributed by atoms with Gasteiger partial charge in [0.15, 0.2) is 0 Å². The van der Waals surface area contributed by atoms with Gasteiger partial charge in [0, 0.05) is 24.7 Å². The van der Waals surface area contributed by atoms with Gasteiger partial charge in [-0.05, 0) is 30.7 Å². The summed E-state index contributed by atoms with van der Waals surface area (Å²) in [5, 5.41) is 4.31. The first-order valence-corrected chi connectivity index (χ1v) is 5.03. The molecular weight excluding hydrogens is 162 g/mol. The maximum atomic E-state index is 6.17. The highest BCUT2D eigenvalue weighted by Gasteiger charge is 2.41. The van der Waals surface area contributed by atoms with E-state index in [0.717, 1.165) is 6.42 Å². The molecule has 0 aliphatic heterocycles. The zero-order valence-corrected chi connectivity index (χ0v) is 7.90. The van der Waals surface area contributed by atoms with Gasteiger partial charge in [0.1, 0.15) is 0 Å². The predicted octanol–water partition coefficient (Wildman–Crippen LogP) is 0.797. The molecule has 3 atom stereocenters. The van der Waals surface area contributed by atoms with Crippen LogP contribution < -0.4 is 5.73 Å². The largest absolute Gasteiger partial charge is 0.327 e. The monoisotopic (exact) mass is 177 g/mol. The van der Waals surface area contributed by atoms with Crippen molar-refractivity contribution in [2.45, 2.75) is 31.2 Å². The lowest BCUT2D eigenvalue weighted by atomic mass is 9.83. The van der Waals surface area contributed by atoms with Crippen LogP contribution in [0.5, 0.6) is 0 Å². The number of fused-ring (bicyclic) bond motifs is 4. The summed E-state index contributed by atoms with van der Waals surface area (Å²) in [5.41, 5.74) is 9.02. The minimum Gasteiger partial charge on any atom is -0.327 e. The second-order valence-electron chi connectivity index (χ2n) is 4.40. The fourth-order valence-electron chi connectivity index (χ4n) is 3.00. The van der Waals surface area contributed by atoms with Crippen molar-refractivity contribution in [2.24, 2.45) is 18.7 Å². The van der Waals surface area contributed by atoms with Gasteiger partial charge in [0.25, 0.3) is 0 Å². The average molecular weight is 177 g/mol. The van der Waals surface area contributed by atoms with Gasteiger partial charge >= 0.3 is 0 Å². The molecule has 1 fully saturated rings. The Labute approximate surface area is 77.9 Å². The summed E-state index contributed by atoms with van der Waals surface area (Å²) in [6.07, 6.45) is 5.73. The van der Waals surface area contributed by atoms with Gasteiger partial charge in [-0.1, -0.05) is 0 Å². The molecule has 3 rings (SSSR count). The van der Waals surface area contributed by atoms with Crippen LogP contribution in [-0.4, -0.2) is 15.8 Å². The van der Waals surface area contributed by atoms with Gasteiger partial charge in [0.05, 0.1) is 6.20 Å². The van der Waals surface area contributed by atoms with Crippen molar-refractivity contribution in [1.82, 2.24) is 9.78 Å². The molecule has 0 saturated heterocycles. The van der Waals surface area contributed by atoms with Crippen LogP contribution in [-0.2, 0) is 13.5 Å². The fraction of sp³-hybridized carbons (Fsp3) is 0.700. The number of rotatable bonds is 0. The zero-order valence-electron chi connectivity index (χ0n) is 7.90. The van der Waals surface area contributed by atoms with E-state index in [9.17, 15) is 0 Å². The first-order valence-electron chi connectivity index (χ1n) is 5.03. The number of aromatic nitrogens is 2. The molecule has 2 bridgehead atoms.